The van der Waals surface area contributed by atoms with Gasteiger partial charge in [0.15, 0.2) is 0 Å². The predicted molar refractivity (Wildman–Crippen MR) is 33.6 cm³/mol. The lowest BCUT2D eigenvalue weighted by molar-refractivity contribution is 0.632. The van der Waals surface area contributed by atoms with Crippen LogP contribution in [-0.4, -0.2) is 11.9 Å². The van der Waals surface area contributed by atoms with E-state index in [0.717, 1.165) is 12.8 Å². The van der Waals surface area contributed by atoms with Gasteiger partial charge in [0.2, 0.25) is 0 Å². The summed E-state index contributed by atoms with van der Waals surface area (Å²) in [5, 5.41) is 0. The highest BCUT2D eigenvalue weighted by molar-refractivity contribution is 6.17. The van der Waals surface area contributed by atoms with Crippen LogP contribution in [0, 0.1) is 0 Å². The maximum absolute atomic E-state index is 5.50. The topological polar surface area (TPSA) is 26.0 Å². The zero-order valence-electron chi connectivity index (χ0n) is 4.65. The lowest BCUT2D eigenvalue weighted by atomic mass is 10.2. The van der Waals surface area contributed by atoms with Gasteiger partial charge in [0.25, 0.3) is 0 Å². The van der Waals surface area contributed by atoms with Gasteiger partial charge in [-0.3, -0.25) is 0 Å². The van der Waals surface area contributed by atoms with Crippen LogP contribution in [0.15, 0.2) is 0 Å². The molecule has 0 bridgehead atoms. The summed E-state index contributed by atoms with van der Waals surface area (Å²) < 4.78 is 0. The third kappa shape index (κ3) is 4.10. The van der Waals surface area contributed by atoms with Crippen LogP contribution in [0.25, 0.3) is 0 Å². The van der Waals surface area contributed by atoms with E-state index < -0.39 is 0 Å². The summed E-state index contributed by atoms with van der Waals surface area (Å²) in [6.45, 7) is 2.07. The summed E-state index contributed by atoms with van der Waals surface area (Å²) in [5.74, 6) is 0.689. The molecule has 0 heterocycles. The molecule has 0 fully saturated rings. The normalized spacial score (nSPS) is 14.1. The van der Waals surface area contributed by atoms with E-state index in [1.165, 1.54) is 0 Å². The second-order valence-electron chi connectivity index (χ2n) is 1.65. The molecule has 1 atom stereocenters. The Morgan fingerprint density at radius 2 is 2.29 bits per heavy atom. The van der Waals surface area contributed by atoms with Crippen LogP contribution in [0.2, 0.25) is 0 Å². The van der Waals surface area contributed by atoms with E-state index in [4.69, 9.17) is 17.3 Å². The quantitative estimate of drug-likeness (QED) is 0.561. The summed E-state index contributed by atoms with van der Waals surface area (Å²) in [5.41, 5.74) is 5.50. The number of hydrogen-bond donors (Lipinski definition) is 1. The van der Waals surface area contributed by atoms with Crippen molar-refractivity contribution in [3.05, 3.63) is 0 Å². The second-order valence-corrected chi connectivity index (χ2v) is 2.02. The first-order valence-corrected chi connectivity index (χ1v) is 3.16. The van der Waals surface area contributed by atoms with Gasteiger partial charge in [-0.25, -0.2) is 0 Å². The van der Waals surface area contributed by atoms with E-state index in [1.807, 2.05) is 0 Å². The number of halogens is 1. The van der Waals surface area contributed by atoms with Crippen molar-refractivity contribution in [1.29, 1.82) is 0 Å². The average Bonchev–Trinajstić information content (AvgIpc) is 1.68. The van der Waals surface area contributed by atoms with Crippen LogP contribution in [0.5, 0.6) is 0 Å². The molecule has 0 spiro atoms. The van der Waals surface area contributed by atoms with Crippen molar-refractivity contribution in [3.8, 4) is 0 Å². The first kappa shape index (κ1) is 7.25. The molecule has 0 radical (unpaired) electrons. The SMILES string of the molecule is CCC(N)CCCl. The standard InChI is InChI=1S/C5H12ClN/c1-2-5(7)3-4-6/h5H,2-4,7H2,1H3. The first-order chi connectivity index (χ1) is 3.31. The van der Waals surface area contributed by atoms with Gasteiger partial charge in [0.05, 0.1) is 0 Å². The molecular formula is C5H12ClN. The van der Waals surface area contributed by atoms with E-state index in [2.05, 4.69) is 6.92 Å². The van der Waals surface area contributed by atoms with E-state index in [0.29, 0.717) is 11.9 Å². The van der Waals surface area contributed by atoms with Crippen molar-refractivity contribution >= 4 is 11.6 Å². The third-order valence-electron chi connectivity index (χ3n) is 1.00. The number of hydrogen-bond acceptors (Lipinski definition) is 1. The molecule has 44 valence electrons. The van der Waals surface area contributed by atoms with Crippen LogP contribution in [0.4, 0.5) is 0 Å². The van der Waals surface area contributed by atoms with Gasteiger partial charge in [-0.1, -0.05) is 6.92 Å². The average molecular weight is 122 g/mol. The van der Waals surface area contributed by atoms with Crippen molar-refractivity contribution in [2.45, 2.75) is 25.8 Å². The molecular weight excluding hydrogens is 110 g/mol. The molecule has 7 heavy (non-hydrogen) atoms. The summed E-state index contributed by atoms with van der Waals surface area (Å²) >= 11 is 5.40. The van der Waals surface area contributed by atoms with E-state index in [1.54, 1.807) is 0 Å². The maximum Gasteiger partial charge on any atom is 0.0238 e. The van der Waals surface area contributed by atoms with E-state index in [-0.39, 0.29) is 0 Å². The van der Waals surface area contributed by atoms with Gasteiger partial charge >= 0.3 is 0 Å². The lowest BCUT2D eigenvalue weighted by Crippen LogP contribution is -2.18. The molecule has 0 aliphatic rings. The lowest BCUT2D eigenvalue weighted by Gasteiger charge is -2.02. The predicted octanol–water partition coefficient (Wildman–Crippen LogP) is 1.35. The second kappa shape index (κ2) is 4.41. The molecule has 0 aliphatic heterocycles. The fourth-order valence-electron chi connectivity index (χ4n) is 0.344. The molecule has 0 amide bonds. The van der Waals surface area contributed by atoms with Crippen molar-refractivity contribution in [3.63, 3.8) is 0 Å². The molecule has 2 heteroatoms. The van der Waals surface area contributed by atoms with Gasteiger partial charge in [-0.05, 0) is 12.8 Å². The molecule has 0 rings (SSSR count). The fourth-order valence-corrected chi connectivity index (χ4v) is 0.625. The zero-order valence-corrected chi connectivity index (χ0v) is 5.41. The molecule has 1 unspecified atom stereocenters. The Bertz CT molecular complexity index is 39.1. The molecule has 0 saturated carbocycles. The number of nitrogens with two attached hydrogens (primary N) is 1. The Morgan fingerprint density at radius 1 is 1.71 bits per heavy atom. The number of alkyl halides is 1. The third-order valence-corrected chi connectivity index (χ3v) is 1.22. The van der Waals surface area contributed by atoms with Crippen LogP contribution >= 0.6 is 11.6 Å². The van der Waals surface area contributed by atoms with Crippen molar-refractivity contribution in [2.24, 2.45) is 5.73 Å². The summed E-state index contributed by atoms with van der Waals surface area (Å²) in [7, 11) is 0. The minimum Gasteiger partial charge on any atom is -0.328 e. The molecule has 1 nitrogen and oxygen atoms in total. The summed E-state index contributed by atoms with van der Waals surface area (Å²) in [6.07, 6.45) is 1.98. The van der Waals surface area contributed by atoms with Crippen LogP contribution in [0.3, 0.4) is 0 Å². The highest BCUT2D eigenvalue weighted by atomic mass is 35.5. The highest BCUT2D eigenvalue weighted by Crippen LogP contribution is 1.93. The van der Waals surface area contributed by atoms with Crippen molar-refractivity contribution < 1.29 is 0 Å². The monoisotopic (exact) mass is 121 g/mol. The van der Waals surface area contributed by atoms with E-state index in [9.17, 15) is 0 Å². The highest BCUT2D eigenvalue weighted by Gasteiger charge is 1.93. The Labute approximate surface area is 49.8 Å². The smallest absolute Gasteiger partial charge is 0.0238 e. The summed E-state index contributed by atoms with van der Waals surface area (Å²) in [4.78, 5) is 0. The molecule has 2 N–H and O–H groups in total. The molecule has 0 aromatic rings. The van der Waals surface area contributed by atoms with Crippen LogP contribution in [0.1, 0.15) is 19.8 Å². The van der Waals surface area contributed by atoms with Gasteiger partial charge < -0.3 is 5.73 Å². The molecule has 0 saturated heterocycles. The van der Waals surface area contributed by atoms with Gasteiger partial charge in [0, 0.05) is 11.9 Å². The van der Waals surface area contributed by atoms with Crippen LogP contribution in [-0.2, 0) is 0 Å². The molecule has 0 aromatic heterocycles. The Kier molecular flexibility index (Phi) is 4.57. The number of rotatable bonds is 3. The van der Waals surface area contributed by atoms with Crippen LogP contribution < -0.4 is 5.73 Å². The first-order valence-electron chi connectivity index (χ1n) is 2.62. The minimum absolute atomic E-state index is 0.317. The van der Waals surface area contributed by atoms with E-state index >= 15 is 0 Å². The zero-order chi connectivity index (χ0) is 5.70. The van der Waals surface area contributed by atoms with Gasteiger partial charge in [0.1, 0.15) is 0 Å². The Hall–Kier alpha value is 0.250. The van der Waals surface area contributed by atoms with Crippen molar-refractivity contribution in [1.82, 2.24) is 0 Å². The Morgan fingerprint density at radius 3 is 2.43 bits per heavy atom. The molecule has 0 aliphatic carbocycles. The van der Waals surface area contributed by atoms with Gasteiger partial charge in [-0.2, -0.15) is 0 Å². The van der Waals surface area contributed by atoms with Gasteiger partial charge in [-0.15, -0.1) is 11.6 Å². The minimum atomic E-state index is 0.317. The summed E-state index contributed by atoms with van der Waals surface area (Å²) in [6, 6.07) is 0.317. The molecule has 0 aromatic carbocycles. The van der Waals surface area contributed by atoms with Crippen molar-refractivity contribution in [2.75, 3.05) is 5.88 Å². The maximum atomic E-state index is 5.50. The fraction of sp³-hybridized carbons (Fsp3) is 1.00. The largest absolute Gasteiger partial charge is 0.328 e. The Balaban J connectivity index is 2.83.